The van der Waals surface area contributed by atoms with E-state index >= 15 is 0 Å². The lowest BCUT2D eigenvalue weighted by atomic mass is 10.1. The van der Waals surface area contributed by atoms with Crippen molar-refractivity contribution in [2.45, 2.75) is 86.3 Å². The quantitative estimate of drug-likeness (QED) is 0.0392. The van der Waals surface area contributed by atoms with Crippen LogP contribution in [0.4, 0.5) is 11.9 Å². The van der Waals surface area contributed by atoms with Crippen molar-refractivity contribution in [3.8, 4) is 11.5 Å². The smallest absolute Gasteiger partial charge is 0.276 e. The number of benzene rings is 2. The molecule has 65 heavy (non-hydrogen) atoms. The van der Waals surface area contributed by atoms with Crippen molar-refractivity contribution in [3.05, 3.63) is 80.6 Å². The number of fused-ring (bicyclic) bond motifs is 2. The number of methoxy groups -OCH3 is 1. The predicted octanol–water partition coefficient (Wildman–Crippen LogP) is 4.85. The second-order valence-electron chi connectivity index (χ2n) is 16.2. The van der Waals surface area contributed by atoms with E-state index in [4.69, 9.17) is 30.9 Å². The maximum Gasteiger partial charge on any atom is 0.276 e. The van der Waals surface area contributed by atoms with E-state index < -0.39 is 23.9 Å². The van der Waals surface area contributed by atoms with Crippen molar-refractivity contribution >= 4 is 63.0 Å². The Bertz CT molecular complexity index is 2720. The molecule has 3 amide bonds. The molecule has 346 valence electrons. The fourth-order valence-corrected chi connectivity index (χ4v) is 9.13. The lowest BCUT2D eigenvalue weighted by Gasteiger charge is -2.36. The summed E-state index contributed by atoms with van der Waals surface area (Å²) in [5.74, 6) is -0.406. The third-order valence-electron chi connectivity index (χ3n) is 11.5. The van der Waals surface area contributed by atoms with Gasteiger partial charge in [-0.3, -0.25) is 29.3 Å². The van der Waals surface area contributed by atoms with Crippen LogP contribution in [0.25, 0.3) is 22.1 Å². The van der Waals surface area contributed by atoms with Gasteiger partial charge in [0, 0.05) is 69.5 Å². The minimum Gasteiger partial charge on any atom is -0.494 e. The van der Waals surface area contributed by atoms with Gasteiger partial charge < -0.3 is 45.4 Å². The molecule has 0 aliphatic carbocycles. The van der Waals surface area contributed by atoms with E-state index in [9.17, 15) is 19.5 Å². The molecule has 7 N–H and O–H groups in total. The lowest BCUT2D eigenvalue weighted by molar-refractivity contribution is 0.0991. The van der Waals surface area contributed by atoms with E-state index in [2.05, 4.69) is 44.4 Å². The largest absolute Gasteiger partial charge is 0.494 e. The van der Waals surface area contributed by atoms with E-state index in [1.54, 1.807) is 33.5 Å². The van der Waals surface area contributed by atoms with Crippen LogP contribution < -0.4 is 31.6 Å². The SMILES string of the molecule is CCc1nc(C)sc1C(O)Nc1nc2cc(C(N)=O)cc(OCCCN3CCN(C(C)C)CC3)c2n1C/C=C/Cn1c(NC(=O)c2cc(C)nn2CC)nc2cc(C(N)=O)cc(OC)c21. The third kappa shape index (κ3) is 10.3. The van der Waals surface area contributed by atoms with Gasteiger partial charge in [-0.05, 0) is 77.8 Å². The van der Waals surface area contributed by atoms with Crippen LogP contribution in [0.5, 0.6) is 11.5 Å². The summed E-state index contributed by atoms with van der Waals surface area (Å²) in [5, 5.41) is 23.0. The monoisotopic (exact) mass is 909 g/mol. The van der Waals surface area contributed by atoms with Crippen LogP contribution in [0.2, 0.25) is 0 Å². The number of hydrogen-bond acceptors (Lipinski definition) is 14. The van der Waals surface area contributed by atoms with E-state index in [1.807, 2.05) is 44.4 Å². The molecule has 7 rings (SSSR count). The van der Waals surface area contributed by atoms with Crippen LogP contribution >= 0.6 is 11.3 Å². The van der Waals surface area contributed by atoms with Gasteiger partial charge in [-0.2, -0.15) is 5.10 Å². The highest BCUT2D eigenvalue weighted by Crippen LogP contribution is 2.35. The Morgan fingerprint density at radius 3 is 2.09 bits per heavy atom. The van der Waals surface area contributed by atoms with Crippen molar-refractivity contribution in [3.63, 3.8) is 0 Å². The number of anilines is 2. The minimum atomic E-state index is -1.14. The molecule has 1 atom stereocenters. The van der Waals surface area contributed by atoms with Crippen LogP contribution in [0.15, 0.2) is 42.5 Å². The molecule has 5 heterocycles. The summed E-state index contributed by atoms with van der Waals surface area (Å²) < 4.78 is 17.5. The summed E-state index contributed by atoms with van der Waals surface area (Å²) in [4.78, 5) is 58.5. The number of carbonyl (C=O) groups excluding carboxylic acids is 3. The van der Waals surface area contributed by atoms with Gasteiger partial charge in [0.2, 0.25) is 23.7 Å². The van der Waals surface area contributed by atoms with Gasteiger partial charge in [-0.25, -0.2) is 15.0 Å². The molecule has 1 fully saturated rings. The number of piperazine rings is 1. The number of carbonyl (C=O) groups is 3. The number of hydrogen-bond donors (Lipinski definition) is 5. The molecule has 1 aliphatic rings. The maximum atomic E-state index is 13.7. The predicted molar refractivity (Wildman–Crippen MR) is 251 cm³/mol. The zero-order valence-corrected chi connectivity index (χ0v) is 38.9. The topological polar surface area (TPSA) is 239 Å². The number of allylic oxidation sites excluding steroid dienone is 2. The van der Waals surface area contributed by atoms with E-state index in [1.165, 1.54) is 24.5 Å². The van der Waals surface area contributed by atoms with Crippen LogP contribution in [0.1, 0.15) is 92.8 Å². The molecular weight excluding hydrogens is 851 g/mol. The van der Waals surface area contributed by atoms with Gasteiger partial charge in [-0.15, -0.1) is 11.3 Å². The van der Waals surface area contributed by atoms with Crippen LogP contribution in [-0.4, -0.2) is 119 Å². The number of ether oxygens (including phenoxy) is 2. The molecule has 1 unspecified atom stereocenters. The lowest BCUT2D eigenvalue weighted by Crippen LogP contribution is -2.49. The number of nitrogens with one attached hydrogen (secondary N) is 2. The first-order chi connectivity index (χ1) is 31.2. The van der Waals surface area contributed by atoms with E-state index in [0.29, 0.717) is 81.4 Å². The van der Waals surface area contributed by atoms with Crippen molar-refractivity contribution < 1.29 is 29.0 Å². The standard InChI is InChI=1S/C45H59N13O6S/c1-8-31-39(65-28(6)48-31)43(62)52-45-50-33-23-30(41(47)60)25-36(64-20-12-13-54-16-18-55(19-17-54)26(3)4)38(33)57(45)15-11-10-14-56-37-32(22-29(40(46)59)24-35(37)63-7)49-44(56)51-42(61)34-21-27(5)53-58(34)9-2/h10-11,21-26,43,62H,8-9,12-20H2,1-7H3,(H2,46,59)(H2,47,60)(H,50,52)(H,49,51,61)/b11-10+. The number of amides is 3. The molecule has 19 nitrogen and oxygen atoms in total. The summed E-state index contributed by atoms with van der Waals surface area (Å²) in [5.41, 5.74) is 15.7. The van der Waals surface area contributed by atoms with Gasteiger partial charge in [-0.1, -0.05) is 19.1 Å². The summed E-state index contributed by atoms with van der Waals surface area (Å²) in [6.07, 6.45) is 4.05. The Hall–Kier alpha value is -6.35. The number of aromatic nitrogens is 7. The summed E-state index contributed by atoms with van der Waals surface area (Å²) in [6.45, 7) is 18.2. The first-order valence-electron chi connectivity index (χ1n) is 21.9. The number of imidazole rings is 2. The van der Waals surface area contributed by atoms with E-state index in [-0.39, 0.29) is 30.2 Å². The minimum absolute atomic E-state index is 0.197. The van der Waals surface area contributed by atoms with Gasteiger partial charge in [0.15, 0.2) is 6.23 Å². The van der Waals surface area contributed by atoms with Crippen molar-refractivity contribution in [2.75, 3.05) is 57.1 Å². The molecule has 1 saturated heterocycles. The number of aliphatic hydroxyl groups is 1. The van der Waals surface area contributed by atoms with Gasteiger partial charge in [0.05, 0.1) is 46.0 Å². The molecular formula is C45H59N13O6S. The molecule has 2 aromatic carbocycles. The molecule has 4 aromatic heterocycles. The highest BCUT2D eigenvalue weighted by molar-refractivity contribution is 7.11. The van der Waals surface area contributed by atoms with Crippen LogP contribution in [0, 0.1) is 13.8 Å². The molecule has 0 spiro atoms. The number of aliphatic hydroxyl groups excluding tert-OH is 1. The Morgan fingerprint density at radius 2 is 1.49 bits per heavy atom. The summed E-state index contributed by atoms with van der Waals surface area (Å²) in [6, 6.07) is 8.58. The van der Waals surface area contributed by atoms with Gasteiger partial charge in [0.25, 0.3) is 5.91 Å². The fourth-order valence-electron chi connectivity index (χ4n) is 8.18. The van der Waals surface area contributed by atoms with Gasteiger partial charge >= 0.3 is 0 Å². The second kappa shape index (κ2) is 20.2. The highest BCUT2D eigenvalue weighted by Gasteiger charge is 2.25. The molecule has 20 heteroatoms. The number of aryl methyl sites for hydroxylation is 4. The van der Waals surface area contributed by atoms with E-state index in [0.717, 1.165) is 49.8 Å². The summed E-state index contributed by atoms with van der Waals surface area (Å²) >= 11 is 1.40. The van der Waals surface area contributed by atoms with Crippen molar-refractivity contribution in [1.29, 1.82) is 0 Å². The Labute approximate surface area is 381 Å². The summed E-state index contributed by atoms with van der Waals surface area (Å²) in [7, 11) is 1.48. The van der Waals surface area contributed by atoms with Crippen LogP contribution in [0.3, 0.4) is 0 Å². The van der Waals surface area contributed by atoms with Gasteiger partial charge in [0.1, 0.15) is 28.2 Å². The Balaban J connectivity index is 1.23. The number of thiazole rings is 1. The number of nitrogens with zero attached hydrogens (tertiary/aromatic N) is 9. The maximum absolute atomic E-state index is 13.7. The van der Waals surface area contributed by atoms with Crippen molar-refractivity contribution in [2.24, 2.45) is 11.5 Å². The zero-order valence-electron chi connectivity index (χ0n) is 38.1. The third-order valence-corrected chi connectivity index (χ3v) is 12.6. The Morgan fingerprint density at radius 1 is 0.877 bits per heavy atom. The molecule has 6 aromatic rings. The fraction of sp³-hybridized carbons (Fsp3) is 0.444. The zero-order chi connectivity index (χ0) is 46.5. The first kappa shape index (κ1) is 46.6. The molecule has 0 radical (unpaired) electrons. The molecule has 1 aliphatic heterocycles. The average molecular weight is 910 g/mol. The molecule has 0 bridgehead atoms. The normalized spacial score (nSPS) is 14.2. The second-order valence-corrected chi connectivity index (χ2v) is 17.5. The Kier molecular flexibility index (Phi) is 14.5. The number of rotatable bonds is 20. The highest BCUT2D eigenvalue weighted by atomic mass is 32.1. The van der Waals surface area contributed by atoms with Crippen LogP contribution in [-0.2, 0) is 26.1 Å². The first-order valence-corrected chi connectivity index (χ1v) is 22.7. The average Bonchev–Trinajstić information content (AvgIpc) is 4.05. The van der Waals surface area contributed by atoms with Crippen molar-refractivity contribution in [1.82, 2.24) is 43.7 Å². The number of primary amides is 2. The molecule has 0 saturated carbocycles. The number of nitrogens with two attached hydrogens (primary N) is 2.